The summed E-state index contributed by atoms with van der Waals surface area (Å²) in [7, 11) is 1.29. The van der Waals surface area contributed by atoms with Crippen LogP contribution in [0.25, 0.3) is 0 Å². The van der Waals surface area contributed by atoms with E-state index in [0.717, 1.165) is 11.1 Å². The van der Waals surface area contributed by atoms with E-state index in [9.17, 15) is 14.4 Å². The number of amides is 1. The Morgan fingerprint density at radius 1 is 1.07 bits per heavy atom. The molecule has 6 heteroatoms. The minimum atomic E-state index is -0.495. The number of rotatable bonds is 7. The number of methoxy groups -OCH3 is 1. The van der Waals surface area contributed by atoms with Crippen LogP contribution in [0, 0.1) is 6.92 Å². The third-order valence-electron chi connectivity index (χ3n) is 4.17. The molecule has 0 aliphatic rings. The molecule has 0 saturated heterocycles. The highest BCUT2D eigenvalue weighted by molar-refractivity contribution is 5.96. The summed E-state index contributed by atoms with van der Waals surface area (Å²) < 4.78 is 9.85. The summed E-state index contributed by atoms with van der Waals surface area (Å²) in [6.07, 6.45) is 0.574. The molecular weight excluding hydrogens is 346 g/mol. The molecule has 0 aliphatic carbocycles. The van der Waals surface area contributed by atoms with Gasteiger partial charge in [0.15, 0.2) is 6.61 Å². The van der Waals surface area contributed by atoms with E-state index in [1.807, 2.05) is 37.3 Å². The maximum atomic E-state index is 12.3. The number of carbonyl (C=O) groups excluding carboxylic acids is 3. The molecule has 0 heterocycles. The fraction of sp³-hybridized carbons (Fsp3) is 0.286. The van der Waals surface area contributed by atoms with Gasteiger partial charge >= 0.3 is 11.9 Å². The van der Waals surface area contributed by atoms with Gasteiger partial charge < -0.3 is 14.8 Å². The number of esters is 2. The second-order valence-corrected chi connectivity index (χ2v) is 6.05. The fourth-order valence-electron chi connectivity index (χ4n) is 2.65. The summed E-state index contributed by atoms with van der Waals surface area (Å²) in [4.78, 5) is 36.1. The topological polar surface area (TPSA) is 81.7 Å². The first-order chi connectivity index (χ1) is 13.0. The van der Waals surface area contributed by atoms with Crippen LogP contribution in [0.4, 0.5) is 5.69 Å². The Kier molecular flexibility index (Phi) is 7.11. The van der Waals surface area contributed by atoms with Crippen molar-refractivity contribution in [2.75, 3.05) is 19.0 Å². The monoisotopic (exact) mass is 369 g/mol. The van der Waals surface area contributed by atoms with Gasteiger partial charge in [-0.25, -0.2) is 4.79 Å². The lowest BCUT2D eigenvalue weighted by Gasteiger charge is -2.15. The highest BCUT2D eigenvalue weighted by Gasteiger charge is 2.21. The van der Waals surface area contributed by atoms with Crippen molar-refractivity contribution in [1.29, 1.82) is 0 Å². The highest BCUT2D eigenvalue weighted by atomic mass is 16.5. The van der Waals surface area contributed by atoms with Gasteiger partial charge in [0.05, 0.1) is 18.6 Å². The number of hydrogen-bond donors (Lipinski definition) is 1. The molecule has 0 unspecified atom stereocenters. The normalized spacial score (nSPS) is 11.4. The summed E-state index contributed by atoms with van der Waals surface area (Å²) >= 11 is 0. The predicted octanol–water partition coefficient (Wildman–Crippen LogP) is 3.46. The largest absolute Gasteiger partial charge is 0.465 e. The number of nitrogens with one attached hydrogen (secondary N) is 1. The molecule has 2 rings (SSSR count). The Bertz CT molecular complexity index is 817. The second kappa shape index (κ2) is 9.52. The zero-order valence-electron chi connectivity index (χ0n) is 15.7. The smallest absolute Gasteiger partial charge is 0.337 e. The van der Waals surface area contributed by atoms with Gasteiger partial charge in [-0.15, -0.1) is 0 Å². The first-order valence-corrected chi connectivity index (χ1v) is 8.66. The van der Waals surface area contributed by atoms with E-state index in [4.69, 9.17) is 4.74 Å². The highest BCUT2D eigenvalue weighted by Crippen LogP contribution is 2.21. The standard InChI is InChI=1S/C21H23NO5/c1-4-17(15-8-6-5-7-9-15)21(25)27-13-19(23)22-18-12-16(20(24)26-3)11-10-14(18)2/h5-12,17H,4,13H2,1-3H3,(H,22,23)/t17-/m1/s1. The third-order valence-corrected chi connectivity index (χ3v) is 4.17. The first-order valence-electron chi connectivity index (χ1n) is 8.66. The number of aryl methyl sites for hydroxylation is 1. The van der Waals surface area contributed by atoms with Gasteiger partial charge in [-0.1, -0.05) is 43.3 Å². The molecule has 1 atom stereocenters. The number of carbonyl (C=O) groups is 3. The molecular formula is C21H23NO5. The van der Waals surface area contributed by atoms with Crippen molar-refractivity contribution in [2.45, 2.75) is 26.2 Å². The van der Waals surface area contributed by atoms with Crippen molar-refractivity contribution in [1.82, 2.24) is 0 Å². The van der Waals surface area contributed by atoms with Crippen molar-refractivity contribution >= 4 is 23.5 Å². The Labute approximate surface area is 158 Å². The lowest BCUT2D eigenvalue weighted by Crippen LogP contribution is -2.24. The van der Waals surface area contributed by atoms with Crippen LogP contribution in [0.3, 0.4) is 0 Å². The third kappa shape index (κ3) is 5.41. The molecule has 1 N–H and O–H groups in total. The molecule has 2 aromatic carbocycles. The fourth-order valence-corrected chi connectivity index (χ4v) is 2.65. The van der Waals surface area contributed by atoms with Crippen molar-refractivity contribution in [3.8, 4) is 0 Å². The zero-order valence-corrected chi connectivity index (χ0v) is 15.7. The van der Waals surface area contributed by atoms with Gasteiger partial charge in [-0.05, 0) is 36.6 Å². The van der Waals surface area contributed by atoms with E-state index in [1.54, 1.807) is 19.1 Å². The van der Waals surface area contributed by atoms with Gasteiger partial charge in [-0.2, -0.15) is 0 Å². The Morgan fingerprint density at radius 2 is 1.78 bits per heavy atom. The lowest BCUT2D eigenvalue weighted by molar-refractivity contribution is -0.149. The quantitative estimate of drug-likeness (QED) is 0.756. The van der Waals surface area contributed by atoms with E-state index >= 15 is 0 Å². The van der Waals surface area contributed by atoms with Crippen molar-refractivity contribution in [3.63, 3.8) is 0 Å². The van der Waals surface area contributed by atoms with Crippen LogP contribution in [-0.4, -0.2) is 31.6 Å². The minimum absolute atomic E-state index is 0.325. The summed E-state index contributed by atoms with van der Waals surface area (Å²) in [5.41, 5.74) is 2.42. The molecule has 0 saturated carbocycles. The van der Waals surface area contributed by atoms with E-state index in [1.165, 1.54) is 13.2 Å². The van der Waals surface area contributed by atoms with Gasteiger partial charge in [0.25, 0.3) is 5.91 Å². The average Bonchev–Trinajstić information content (AvgIpc) is 2.69. The molecule has 0 aliphatic heterocycles. The second-order valence-electron chi connectivity index (χ2n) is 6.05. The SMILES string of the molecule is CC[C@@H](C(=O)OCC(=O)Nc1cc(C(=O)OC)ccc1C)c1ccccc1. The van der Waals surface area contributed by atoms with Crippen LogP contribution in [-0.2, 0) is 19.1 Å². The van der Waals surface area contributed by atoms with Crippen LogP contribution in [0.2, 0.25) is 0 Å². The van der Waals surface area contributed by atoms with Crippen molar-refractivity contribution in [2.24, 2.45) is 0 Å². The minimum Gasteiger partial charge on any atom is -0.465 e. The Hall–Kier alpha value is -3.15. The van der Waals surface area contributed by atoms with E-state index in [2.05, 4.69) is 10.1 Å². The maximum Gasteiger partial charge on any atom is 0.337 e. The van der Waals surface area contributed by atoms with E-state index in [-0.39, 0.29) is 0 Å². The van der Waals surface area contributed by atoms with Crippen LogP contribution >= 0.6 is 0 Å². The number of hydrogen-bond acceptors (Lipinski definition) is 5. The van der Waals surface area contributed by atoms with Gasteiger partial charge in [0, 0.05) is 5.69 Å². The van der Waals surface area contributed by atoms with Gasteiger partial charge in [0.2, 0.25) is 0 Å². The molecule has 0 radical (unpaired) electrons. The van der Waals surface area contributed by atoms with Crippen molar-refractivity contribution in [3.05, 3.63) is 65.2 Å². The number of ether oxygens (including phenoxy) is 2. The maximum absolute atomic E-state index is 12.3. The zero-order chi connectivity index (χ0) is 19.8. The summed E-state index contributed by atoms with van der Waals surface area (Å²) in [5.74, 6) is -1.83. The molecule has 2 aromatic rings. The Balaban J connectivity index is 1.98. The van der Waals surface area contributed by atoms with E-state index in [0.29, 0.717) is 17.7 Å². The molecule has 0 bridgehead atoms. The summed E-state index contributed by atoms with van der Waals surface area (Å²) in [6.45, 7) is 3.29. The lowest BCUT2D eigenvalue weighted by atomic mass is 9.97. The average molecular weight is 369 g/mol. The summed E-state index contributed by atoms with van der Waals surface area (Å²) in [6, 6.07) is 14.1. The molecule has 0 spiro atoms. The molecule has 0 aromatic heterocycles. The predicted molar refractivity (Wildman–Crippen MR) is 102 cm³/mol. The molecule has 6 nitrogen and oxygen atoms in total. The molecule has 1 amide bonds. The van der Waals surface area contributed by atoms with Gasteiger partial charge in [-0.3, -0.25) is 9.59 Å². The molecule has 142 valence electrons. The van der Waals surface area contributed by atoms with Gasteiger partial charge in [0.1, 0.15) is 0 Å². The van der Waals surface area contributed by atoms with Crippen LogP contribution in [0.1, 0.15) is 40.7 Å². The molecule has 27 heavy (non-hydrogen) atoms. The van der Waals surface area contributed by atoms with Crippen LogP contribution in [0.5, 0.6) is 0 Å². The van der Waals surface area contributed by atoms with Crippen LogP contribution < -0.4 is 5.32 Å². The Morgan fingerprint density at radius 3 is 2.41 bits per heavy atom. The van der Waals surface area contributed by atoms with Crippen LogP contribution in [0.15, 0.2) is 48.5 Å². The molecule has 0 fully saturated rings. The summed E-state index contributed by atoms with van der Waals surface area (Å²) in [5, 5.41) is 2.66. The van der Waals surface area contributed by atoms with E-state index < -0.39 is 30.4 Å². The first kappa shape index (κ1) is 20.2. The number of anilines is 1. The van der Waals surface area contributed by atoms with Crippen molar-refractivity contribution < 1.29 is 23.9 Å². The number of benzene rings is 2.